The second kappa shape index (κ2) is 4.86. The molecule has 0 amide bonds. The lowest BCUT2D eigenvalue weighted by molar-refractivity contribution is -0.136. The number of aromatic nitrogens is 2. The van der Waals surface area contributed by atoms with E-state index in [4.69, 9.17) is 9.15 Å². The average Bonchev–Trinajstić information content (AvgIpc) is 2.52. The van der Waals surface area contributed by atoms with Crippen molar-refractivity contribution in [3.05, 3.63) is 0 Å². The number of carbonyl (C=O) groups excluding carboxylic acids is 1. The third-order valence-corrected chi connectivity index (χ3v) is 1.73. The van der Waals surface area contributed by atoms with Gasteiger partial charge in [-0.15, -0.1) is 0 Å². The summed E-state index contributed by atoms with van der Waals surface area (Å²) >= 11 is 1.30. The fourth-order valence-electron chi connectivity index (χ4n) is 0.673. The van der Waals surface area contributed by atoms with Crippen LogP contribution < -0.4 is 4.74 Å². The van der Waals surface area contributed by atoms with Gasteiger partial charge < -0.3 is 9.15 Å². The van der Waals surface area contributed by atoms with Gasteiger partial charge in [-0.05, 0) is 12.7 Å². The van der Waals surface area contributed by atoms with Crippen LogP contribution in [0.1, 0.15) is 19.8 Å². The van der Waals surface area contributed by atoms with Crippen molar-refractivity contribution in [2.75, 3.05) is 6.26 Å². The molecule has 13 heavy (non-hydrogen) atoms. The number of thioether (sulfide) groups is 1. The molecule has 0 bridgehead atoms. The van der Waals surface area contributed by atoms with Crippen molar-refractivity contribution in [3.8, 4) is 6.08 Å². The summed E-state index contributed by atoms with van der Waals surface area (Å²) < 4.78 is 9.69. The predicted molar refractivity (Wildman–Crippen MR) is 46.6 cm³/mol. The van der Waals surface area contributed by atoms with Gasteiger partial charge in [-0.25, -0.2) is 0 Å². The maximum atomic E-state index is 11.0. The Balaban J connectivity index is 2.49. The van der Waals surface area contributed by atoms with Gasteiger partial charge in [0, 0.05) is 6.42 Å². The highest BCUT2D eigenvalue weighted by atomic mass is 32.2. The molecule has 0 N–H and O–H groups in total. The van der Waals surface area contributed by atoms with E-state index in [0.717, 1.165) is 6.42 Å². The summed E-state index contributed by atoms with van der Waals surface area (Å²) in [6.07, 6.45) is 2.81. The first-order valence-corrected chi connectivity index (χ1v) is 5.07. The third-order valence-electron chi connectivity index (χ3n) is 1.22. The van der Waals surface area contributed by atoms with E-state index in [1.807, 2.05) is 6.92 Å². The van der Waals surface area contributed by atoms with Crippen molar-refractivity contribution in [2.45, 2.75) is 25.0 Å². The number of rotatable bonds is 4. The molecule has 6 heteroatoms. The average molecular weight is 202 g/mol. The molecule has 0 atom stereocenters. The van der Waals surface area contributed by atoms with Gasteiger partial charge in [0.05, 0.1) is 0 Å². The Kier molecular flexibility index (Phi) is 3.75. The molecule has 5 nitrogen and oxygen atoms in total. The van der Waals surface area contributed by atoms with Crippen LogP contribution in [-0.2, 0) is 4.79 Å². The fourth-order valence-corrected chi connectivity index (χ4v) is 0.951. The van der Waals surface area contributed by atoms with Crippen molar-refractivity contribution in [3.63, 3.8) is 0 Å². The van der Waals surface area contributed by atoms with Crippen molar-refractivity contribution >= 4 is 17.7 Å². The van der Waals surface area contributed by atoms with Crippen LogP contribution in [-0.4, -0.2) is 22.4 Å². The van der Waals surface area contributed by atoms with E-state index in [1.165, 1.54) is 11.8 Å². The van der Waals surface area contributed by atoms with E-state index in [-0.39, 0.29) is 12.0 Å². The molecule has 0 radical (unpaired) electrons. The van der Waals surface area contributed by atoms with Crippen LogP contribution in [0.25, 0.3) is 0 Å². The summed E-state index contributed by atoms with van der Waals surface area (Å²) in [4.78, 5) is 11.0. The Morgan fingerprint density at radius 3 is 2.92 bits per heavy atom. The van der Waals surface area contributed by atoms with Crippen molar-refractivity contribution in [1.82, 2.24) is 10.2 Å². The van der Waals surface area contributed by atoms with E-state index in [2.05, 4.69) is 10.2 Å². The zero-order valence-corrected chi connectivity index (χ0v) is 8.26. The van der Waals surface area contributed by atoms with Crippen LogP contribution >= 0.6 is 11.8 Å². The van der Waals surface area contributed by atoms with Crippen molar-refractivity contribution in [2.24, 2.45) is 0 Å². The van der Waals surface area contributed by atoms with Gasteiger partial charge in [0.2, 0.25) is 0 Å². The Bertz CT molecular complexity index is 287. The zero-order valence-electron chi connectivity index (χ0n) is 7.44. The van der Waals surface area contributed by atoms with Crippen LogP contribution in [0.2, 0.25) is 0 Å². The Labute approximate surface area is 79.9 Å². The molecule has 0 aromatic carbocycles. The summed E-state index contributed by atoms with van der Waals surface area (Å²) in [5.41, 5.74) is 0. The quantitative estimate of drug-likeness (QED) is 0.544. The number of hydrogen-bond acceptors (Lipinski definition) is 6. The molecule has 0 unspecified atom stereocenters. The summed E-state index contributed by atoms with van der Waals surface area (Å²) in [5.74, 6) is -0.348. The number of esters is 1. The summed E-state index contributed by atoms with van der Waals surface area (Å²) in [7, 11) is 0. The molecule has 0 fully saturated rings. The molecule has 0 aliphatic carbocycles. The standard InChI is InChI=1S/C7H10N2O3S/c1-3-4-5(10)11-6-8-9-7(12-6)13-2/h3-4H2,1-2H3. The summed E-state index contributed by atoms with van der Waals surface area (Å²) in [6, 6.07) is 0. The molecule has 0 aliphatic rings. The minimum Gasteiger partial charge on any atom is -0.383 e. The second-order valence-electron chi connectivity index (χ2n) is 2.26. The number of nitrogens with zero attached hydrogens (tertiary/aromatic N) is 2. The first-order valence-electron chi connectivity index (χ1n) is 3.84. The lowest BCUT2D eigenvalue weighted by Crippen LogP contribution is -2.06. The molecule has 1 heterocycles. The van der Waals surface area contributed by atoms with Crippen LogP contribution in [0.5, 0.6) is 6.08 Å². The molecule has 0 saturated carbocycles. The zero-order chi connectivity index (χ0) is 9.68. The number of ether oxygens (including phenoxy) is 1. The maximum Gasteiger partial charge on any atom is 0.423 e. The number of hydrogen-bond donors (Lipinski definition) is 0. The predicted octanol–water partition coefficient (Wildman–Crippen LogP) is 1.50. The normalized spacial score (nSPS) is 10.0. The van der Waals surface area contributed by atoms with Crippen molar-refractivity contribution < 1.29 is 13.9 Å². The molecule has 72 valence electrons. The highest BCUT2D eigenvalue weighted by molar-refractivity contribution is 7.98. The summed E-state index contributed by atoms with van der Waals surface area (Å²) in [5, 5.41) is 7.53. The van der Waals surface area contributed by atoms with Crippen LogP contribution in [0.15, 0.2) is 9.64 Å². The number of carbonyl (C=O) groups is 1. The second-order valence-corrected chi connectivity index (χ2v) is 3.02. The maximum absolute atomic E-state index is 11.0. The van der Waals surface area contributed by atoms with Gasteiger partial charge >= 0.3 is 12.0 Å². The molecule has 1 rings (SSSR count). The van der Waals surface area contributed by atoms with Crippen molar-refractivity contribution in [1.29, 1.82) is 0 Å². The molecular formula is C7H10N2O3S. The lowest BCUT2D eigenvalue weighted by Gasteiger charge is -1.94. The smallest absolute Gasteiger partial charge is 0.383 e. The Morgan fingerprint density at radius 1 is 1.62 bits per heavy atom. The molecule has 0 spiro atoms. The summed E-state index contributed by atoms with van der Waals surface area (Å²) in [6.45, 7) is 1.89. The largest absolute Gasteiger partial charge is 0.423 e. The fraction of sp³-hybridized carbons (Fsp3) is 0.571. The van der Waals surface area contributed by atoms with Crippen LogP contribution in [0.4, 0.5) is 0 Å². The first-order chi connectivity index (χ1) is 6.26. The van der Waals surface area contributed by atoms with E-state index < -0.39 is 0 Å². The highest BCUT2D eigenvalue weighted by Gasteiger charge is 2.10. The minimum atomic E-state index is -0.348. The van der Waals surface area contributed by atoms with Gasteiger partial charge in [-0.3, -0.25) is 4.79 Å². The van der Waals surface area contributed by atoms with E-state index in [1.54, 1.807) is 6.26 Å². The molecule has 0 saturated heterocycles. The van der Waals surface area contributed by atoms with Crippen LogP contribution in [0.3, 0.4) is 0 Å². The molecule has 1 aromatic rings. The van der Waals surface area contributed by atoms with Gasteiger partial charge in [-0.1, -0.05) is 28.9 Å². The SMILES string of the molecule is CCCC(=O)Oc1nnc(SC)o1. The Morgan fingerprint density at radius 2 is 2.38 bits per heavy atom. The monoisotopic (exact) mass is 202 g/mol. The Hall–Kier alpha value is -1.04. The third kappa shape index (κ3) is 3.06. The van der Waals surface area contributed by atoms with Crippen LogP contribution in [0, 0.1) is 0 Å². The first kappa shape index (κ1) is 10.0. The van der Waals surface area contributed by atoms with E-state index in [0.29, 0.717) is 11.6 Å². The molecule has 0 aliphatic heterocycles. The molecular weight excluding hydrogens is 192 g/mol. The van der Waals surface area contributed by atoms with Gasteiger partial charge in [0.15, 0.2) is 0 Å². The highest BCUT2D eigenvalue weighted by Crippen LogP contribution is 2.16. The minimum absolute atomic E-state index is 0.0807. The molecule has 1 aromatic heterocycles. The lowest BCUT2D eigenvalue weighted by atomic mass is 10.3. The topological polar surface area (TPSA) is 65.2 Å². The van der Waals surface area contributed by atoms with E-state index in [9.17, 15) is 4.79 Å². The van der Waals surface area contributed by atoms with Gasteiger partial charge in [0.25, 0.3) is 5.22 Å². The van der Waals surface area contributed by atoms with Gasteiger partial charge in [-0.2, -0.15) is 0 Å². The van der Waals surface area contributed by atoms with E-state index >= 15 is 0 Å². The van der Waals surface area contributed by atoms with Gasteiger partial charge in [0.1, 0.15) is 0 Å².